The molecular formula is C23H18N6O2S. The van der Waals surface area contributed by atoms with E-state index in [2.05, 4.69) is 25.4 Å². The maximum absolute atomic E-state index is 13.1. The summed E-state index contributed by atoms with van der Waals surface area (Å²) in [5.41, 5.74) is 4.29. The number of amides is 1. The van der Waals surface area contributed by atoms with Gasteiger partial charge in [0.1, 0.15) is 11.4 Å². The minimum atomic E-state index is -0.305. The van der Waals surface area contributed by atoms with Crippen LogP contribution in [0.5, 0.6) is 5.75 Å². The van der Waals surface area contributed by atoms with Crippen LogP contribution in [0, 0.1) is 6.92 Å². The molecule has 4 aromatic heterocycles. The van der Waals surface area contributed by atoms with Crippen LogP contribution in [0.2, 0.25) is 0 Å². The zero-order valence-corrected chi connectivity index (χ0v) is 18.1. The first-order valence-corrected chi connectivity index (χ1v) is 10.6. The quantitative estimate of drug-likeness (QED) is 0.431. The summed E-state index contributed by atoms with van der Waals surface area (Å²) in [6, 6.07) is 15.1. The SMILES string of the molecule is COc1ccccc1-c1cc(C)ncc1C(=O)Nc1nn2cc(-c3ccccn3)nc2s1. The van der Waals surface area contributed by atoms with Gasteiger partial charge in [0.2, 0.25) is 10.1 Å². The van der Waals surface area contributed by atoms with E-state index < -0.39 is 0 Å². The highest BCUT2D eigenvalue weighted by Crippen LogP contribution is 2.33. The van der Waals surface area contributed by atoms with Gasteiger partial charge in [0.25, 0.3) is 5.91 Å². The molecule has 158 valence electrons. The first-order valence-electron chi connectivity index (χ1n) is 9.81. The van der Waals surface area contributed by atoms with Gasteiger partial charge < -0.3 is 4.74 Å². The van der Waals surface area contributed by atoms with Gasteiger partial charge in [-0.05, 0) is 31.2 Å². The number of methoxy groups -OCH3 is 1. The highest BCUT2D eigenvalue weighted by molar-refractivity contribution is 7.20. The minimum Gasteiger partial charge on any atom is -0.496 e. The fourth-order valence-corrected chi connectivity index (χ4v) is 4.16. The van der Waals surface area contributed by atoms with E-state index in [4.69, 9.17) is 4.74 Å². The zero-order chi connectivity index (χ0) is 22.1. The summed E-state index contributed by atoms with van der Waals surface area (Å²) >= 11 is 1.28. The Bertz CT molecular complexity index is 1400. The molecule has 0 bridgehead atoms. The van der Waals surface area contributed by atoms with Crippen LogP contribution in [-0.2, 0) is 0 Å². The Labute approximate surface area is 187 Å². The predicted molar refractivity (Wildman–Crippen MR) is 123 cm³/mol. The zero-order valence-electron chi connectivity index (χ0n) is 17.3. The van der Waals surface area contributed by atoms with Crippen molar-refractivity contribution in [2.75, 3.05) is 12.4 Å². The molecule has 0 fully saturated rings. The second-order valence-corrected chi connectivity index (χ2v) is 7.96. The molecule has 8 nitrogen and oxygen atoms in total. The largest absolute Gasteiger partial charge is 0.496 e. The third-order valence-electron chi connectivity index (χ3n) is 4.87. The number of nitrogens with one attached hydrogen (secondary N) is 1. The average molecular weight is 443 g/mol. The van der Waals surface area contributed by atoms with Crippen molar-refractivity contribution in [2.45, 2.75) is 6.92 Å². The molecule has 32 heavy (non-hydrogen) atoms. The second kappa shape index (κ2) is 8.20. The molecule has 5 rings (SSSR count). The van der Waals surface area contributed by atoms with Crippen LogP contribution in [0.3, 0.4) is 0 Å². The lowest BCUT2D eigenvalue weighted by Crippen LogP contribution is -2.14. The number of hydrogen-bond acceptors (Lipinski definition) is 7. The van der Waals surface area contributed by atoms with Gasteiger partial charge in [-0.2, -0.15) is 0 Å². The lowest BCUT2D eigenvalue weighted by Gasteiger charge is -2.13. The number of nitrogens with zero attached hydrogens (tertiary/aromatic N) is 5. The molecule has 4 heterocycles. The summed E-state index contributed by atoms with van der Waals surface area (Å²) < 4.78 is 7.13. The Kier molecular flexibility index (Phi) is 5.08. The lowest BCUT2D eigenvalue weighted by molar-refractivity contribution is 0.102. The van der Waals surface area contributed by atoms with Gasteiger partial charge in [-0.3, -0.25) is 20.1 Å². The minimum absolute atomic E-state index is 0.305. The molecular weight excluding hydrogens is 424 g/mol. The molecule has 0 aliphatic rings. The molecule has 0 saturated heterocycles. The standard InChI is InChI=1S/C23H18N6O2S/c1-14-11-16(15-7-3-4-9-20(15)31-2)17(12-25-14)21(30)27-22-28-29-13-19(26-23(29)32-22)18-8-5-6-10-24-18/h3-13H,1-2H3,(H,27,28,30). The number of pyridine rings is 2. The maximum atomic E-state index is 13.1. The Hall–Kier alpha value is -4.11. The number of benzene rings is 1. The van der Waals surface area contributed by atoms with Crippen LogP contribution in [0.1, 0.15) is 16.1 Å². The van der Waals surface area contributed by atoms with Crippen molar-refractivity contribution in [3.05, 3.63) is 78.4 Å². The maximum Gasteiger partial charge on any atom is 0.259 e. The number of rotatable bonds is 5. The molecule has 0 aliphatic carbocycles. The first kappa shape index (κ1) is 19.8. The van der Waals surface area contributed by atoms with Crippen molar-refractivity contribution >= 4 is 27.3 Å². The van der Waals surface area contributed by atoms with E-state index >= 15 is 0 Å². The summed E-state index contributed by atoms with van der Waals surface area (Å²) in [4.78, 5) is 27.0. The summed E-state index contributed by atoms with van der Waals surface area (Å²) in [5.74, 6) is 0.377. The Morgan fingerprint density at radius 1 is 1.06 bits per heavy atom. The van der Waals surface area contributed by atoms with Crippen LogP contribution < -0.4 is 10.1 Å². The summed E-state index contributed by atoms with van der Waals surface area (Å²) in [6.45, 7) is 1.88. The number of imidazole rings is 1. The number of hydrogen-bond donors (Lipinski definition) is 1. The fraction of sp³-hybridized carbons (Fsp3) is 0.0870. The van der Waals surface area contributed by atoms with E-state index in [1.807, 2.05) is 55.5 Å². The van der Waals surface area contributed by atoms with Crippen molar-refractivity contribution in [1.29, 1.82) is 0 Å². The highest BCUT2D eigenvalue weighted by Gasteiger charge is 2.19. The molecule has 0 aliphatic heterocycles. The average Bonchev–Trinajstić information content (AvgIpc) is 3.38. The van der Waals surface area contributed by atoms with Crippen LogP contribution in [0.25, 0.3) is 27.5 Å². The third kappa shape index (κ3) is 3.69. The summed E-state index contributed by atoms with van der Waals surface area (Å²) in [5, 5.41) is 7.76. The topological polar surface area (TPSA) is 94.3 Å². The van der Waals surface area contributed by atoms with Gasteiger partial charge in [0, 0.05) is 29.2 Å². The van der Waals surface area contributed by atoms with Crippen LogP contribution in [0.4, 0.5) is 5.13 Å². The van der Waals surface area contributed by atoms with Crippen LogP contribution >= 0.6 is 11.3 Å². The fourth-order valence-electron chi connectivity index (χ4n) is 3.38. The summed E-state index contributed by atoms with van der Waals surface area (Å²) in [6.07, 6.45) is 5.08. The number of aryl methyl sites for hydroxylation is 1. The molecule has 0 spiro atoms. The Morgan fingerprint density at radius 2 is 1.91 bits per heavy atom. The van der Waals surface area contributed by atoms with E-state index in [9.17, 15) is 4.79 Å². The predicted octanol–water partition coefficient (Wildman–Crippen LogP) is 4.48. The normalized spacial score (nSPS) is 10.9. The third-order valence-corrected chi connectivity index (χ3v) is 5.71. The molecule has 5 aromatic rings. The van der Waals surface area contributed by atoms with E-state index in [1.165, 1.54) is 11.3 Å². The first-order chi connectivity index (χ1) is 15.6. The lowest BCUT2D eigenvalue weighted by atomic mass is 9.99. The Balaban J connectivity index is 1.45. The van der Waals surface area contributed by atoms with E-state index in [-0.39, 0.29) is 5.91 Å². The van der Waals surface area contributed by atoms with E-state index in [1.54, 1.807) is 30.2 Å². The number of fused-ring (bicyclic) bond motifs is 1. The molecule has 0 unspecified atom stereocenters. The molecule has 1 aromatic carbocycles. The van der Waals surface area contributed by atoms with Crippen molar-refractivity contribution in [3.8, 4) is 28.3 Å². The molecule has 0 radical (unpaired) electrons. The Morgan fingerprint density at radius 3 is 2.69 bits per heavy atom. The molecule has 9 heteroatoms. The van der Waals surface area contributed by atoms with Gasteiger partial charge >= 0.3 is 0 Å². The number of aromatic nitrogens is 5. The van der Waals surface area contributed by atoms with Crippen molar-refractivity contribution < 1.29 is 9.53 Å². The molecule has 0 atom stereocenters. The number of carbonyl (C=O) groups excluding carboxylic acids is 1. The monoisotopic (exact) mass is 442 g/mol. The number of ether oxygens (including phenoxy) is 1. The number of para-hydroxylation sites is 1. The molecule has 1 N–H and O–H groups in total. The molecule has 1 amide bonds. The van der Waals surface area contributed by atoms with E-state index in [0.29, 0.717) is 21.4 Å². The van der Waals surface area contributed by atoms with E-state index in [0.717, 1.165) is 28.2 Å². The van der Waals surface area contributed by atoms with Crippen LogP contribution in [0.15, 0.2) is 67.1 Å². The van der Waals surface area contributed by atoms with Crippen molar-refractivity contribution in [1.82, 2.24) is 24.6 Å². The van der Waals surface area contributed by atoms with Gasteiger partial charge in [-0.1, -0.05) is 35.6 Å². The van der Waals surface area contributed by atoms with Gasteiger partial charge in [-0.15, -0.1) is 5.10 Å². The van der Waals surface area contributed by atoms with Gasteiger partial charge in [0.05, 0.1) is 24.6 Å². The smallest absolute Gasteiger partial charge is 0.259 e. The number of carbonyl (C=O) groups is 1. The van der Waals surface area contributed by atoms with Crippen molar-refractivity contribution in [3.63, 3.8) is 0 Å². The number of anilines is 1. The molecule has 0 saturated carbocycles. The van der Waals surface area contributed by atoms with Gasteiger partial charge in [0.15, 0.2) is 0 Å². The second-order valence-electron chi connectivity index (χ2n) is 7.00. The van der Waals surface area contributed by atoms with Crippen LogP contribution in [-0.4, -0.2) is 37.6 Å². The highest BCUT2D eigenvalue weighted by atomic mass is 32.1. The van der Waals surface area contributed by atoms with Crippen molar-refractivity contribution in [2.24, 2.45) is 0 Å². The van der Waals surface area contributed by atoms with Gasteiger partial charge in [-0.25, -0.2) is 9.50 Å². The summed E-state index contributed by atoms with van der Waals surface area (Å²) in [7, 11) is 1.61.